The monoisotopic (exact) mass is 566 g/mol. The number of rotatable bonds is 22. The lowest BCUT2D eigenvalue weighted by Crippen LogP contribution is -2.46. The highest BCUT2D eigenvalue weighted by atomic mass is 32.2. The number of nitrogens with one attached hydrogen (secondary N) is 2. The van der Waals surface area contributed by atoms with Crippen LogP contribution >= 0.6 is 19.6 Å². The Kier molecular flexibility index (Phi) is 20.0. The van der Waals surface area contributed by atoms with Crippen molar-refractivity contribution in [3.05, 3.63) is 12.2 Å². The van der Waals surface area contributed by atoms with Crippen molar-refractivity contribution >= 4 is 36.5 Å². The van der Waals surface area contributed by atoms with Gasteiger partial charge in [-0.05, 0) is 25.7 Å². The van der Waals surface area contributed by atoms with E-state index in [9.17, 15) is 24.1 Å². The number of hydrogen-bond acceptors (Lipinski definition) is 7. The fraction of sp³-hybridized carbons (Fsp3) is 0.800. The third-order valence-corrected chi connectivity index (χ3v) is 6.97. The zero-order chi connectivity index (χ0) is 28.2. The Labute approximate surface area is 226 Å². The molecule has 2 amide bonds. The van der Waals surface area contributed by atoms with Crippen LogP contribution in [-0.2, 0) is 23.5 Å². The second kappa shape index (κ2) is 20.7. The molecule has 0 spiro atoms. The van der Waals surface area contributed by atoms with E-state index >= 15 is 0 Å². The molecule has 1 atom stereocenters. The van der Waals surface area contributed by atoms with E-state index in [0.717, 1.165) is 25.7 Å². The fourth-order valence-corrected chi connectivity index (χ4v) is 4.44. The van der Waals surface area contributed by atoms with Gasteiger partial charge >= 0.3 is 7.82 Å². The average molecular weight is 567 g/mol. The zero-order valence-electron chi connectivity index (χ0n) is 22.6. The molecule has 0 unspecified atom stereocenters. The van der Waals surface area contributed by atoms with E-state index in [1.807, 2.05) is 0 Å². The van der Waals surface area contributed by atoms with Crippen LogP contribution in [0.4, 0.5) is 0 Å². The van der Waals surface area contributed by atoms with E-state index in [0.29, 0.717) is 18.7 Å². The molecule has 216 valence electrons. The summed E-state index contributed by atoms with van der Waals surface area (Å²) in [6.07, 6.45) is 13.7. The van der Waals surface area contributed by atoms with Gasteiger partial charge in [0, 0.05) is 37.1 Å². The molecule has 5 N–H and O–H groups in total. The average Bonchev–Trinajstić information content (AvgIpc) is 2.83. The molecule has 0 aromatic carbocycles. The van der Waals surface area contributed by atoms with Gasteiger partial charge in [0.1, 0.15) is 6.10 Å². The topological polar surface area (TPSA) is 162 Å². The number of phosphoric acid groups is 1. The first-order valence-corrected chi connectivity index (χ1v) is 15.6. The van der Waals surface area contributed by atoms with Crippen LogP contribution in [0.3, 0.4) is 0 Å². The number of aliphatic hydroxyl groups excluding tert-OH is 1. The Morgan fingerprint density at radius 3 is 2.22 bits per heavy atom. The highest BCUT2D eigenvalue weighted by Gasteiger charge is 2.35. The quantitative estimate of drug-likeness (QED) is 0.0744. The SMILES string of the molecule is CCCC/C=C\CCCCCCCC(=O)SCCNC(=O)CCNC(=O)[C@H](O)C(C)(C)COP(=O)(O)O. The molecular formula is C25H47N2O8PS. The van der Waals surface area contributed by atoms with Crippen LogP contribution < -0.4 is 10.6 Å². The van der Waals surface area contributed by atoms with Crippen LogP contribution in [-0.4, -0.2) is 63.4 Å². The molecule has 0 aromatic rings. The Bertz CT molecular complexity index is 742. The number of hydrogen-bond donors (Lipinski definition) is 5. The van der Waals surface area contributed by atoms with Crippen molar-refractivity contribution in [2.24, 2.45) is 5.41 Å². The molecule has 12 heteroatoms. The Morgan fingerprint density at radius 2 is 1.57 bits per heavy atom. The lowest BCUT2D eigenvalue weighted by molar-refractivity contribution is -0.137. The van der Waals surface area contributed by atoms with E-state index in [1.54, 1.807) is 0 Å². The molecule has 0 radical (unpaired) electrons. The van der Waals surface area contributed by atoms with Crippen molar-refractivity contribution in [1.29, 1.82) is 0 Å². The summed E-state index contributed by atoms with van der Waals surface area (Å²) < 4.78 is 15.2. The standard InChI is InChI=1S/C25H47N2O8PS/c1-4-5-6-7-8-9-10-11-12-13-14-15-22(29)37-19-18-26-21(28)16-17-27-24(31)23(30)25(2,3)20-35-36(32,33)34/h7-8,23,30H,4-6,9-20H2,1-3H3,(H,26,28)(H,27,31)(H2,32,33,34)/b8-7-/t23-/m0/s1. The predicted octanol–water partition coefficient (Wildman–Crippen LogP) is 3.84. The summed E-state index contributed by atoms with van der Waals surface area (Å²) in [6, 6.07) is 0. The first kappa shape index (κ1) is 35.8. The van der Waals surface area contributed by atoms with Crippen LogP contribution in [0.25, 0.3) is 0 Å². The van der Waals surface area contributed by atoms with Crippen LogP contribution in [0.5, 0.6) is 0 Å². The van der Waals surface area contributed by atoms with Gasteiger partial charge in [-0.25, -0.2) is 4.57 Å². The molecular weight excluding hydrogens is 519 g/mol. The Morgan fingerprint density at radius 1 is 0.946 bits per heavy atom. The lowest BCUT2D eigenvalue weighted by atomic mass is 9.87. The largest absolute Gasteiger partial charge is 0.469 e. The summed E-state index contributed by atoms with van der Waals surface area (Å²) >= 11 is 1.21. The van der Waals surface area contributed by atoms with E-state index in [4.69, 9.17) is 9.79 Å². The molecule has 0 bridgehead atoms. The third kappa shape index (κ3) is 21.4. The highest BCUT2D eigenvalue weighted by Crippen LogP contribution is 2.38. The smallest absolute Gasteiger partial charge is 0.383 e. The molecule has 0 aromatic heterocycles. The number of thioether (sulfide) groups is 1. The van der Waals surface area contributed by atoms with Gasteiger partial charge in [-0.15, -0.1) is 0 Å². The molecule has 0 rings (SSSR count). The van der Waals surface area contributed by atoms with Crippen LogP contribution in [0.2, 0.25) is 0 Å². The number of allylic oxidation sites excluding steroid dienone is 2. The van der Waals surface area contributed by atoms with Crippen molar-refractivity contribution in [2.75, 3.05) is 25.4 Å². The first-order chi connectivity index (χ1) is 17.4. The van der Waals surface area contributed by atoms with E-state index in [-0.39, 0.29) is 24.0 Å². The Hall–Kier alpha value is -1.23. The van der Waals surface area contributed by atoms with Gasteiger partial charge < -0.3 is 25.5 Å². The first-order valence-electron chi connectivity index (χ1n) is 13.1. The lowest BCUT2D eigenvalue weighted by Gasteiger charge is -2.29. The van der Waals surface area contributed by atoms with Gasteiger partial charge in [-0.1, -0.05) is 76.8 Å². The van der Waals surface area contributed by atoms with Crippen molar-refractivity contribution in [2.45, 2.75) is 97.5 Å². The number of aliphatic hydroxyl groups is 1. The summed E-state index contributed by atoms with van der Waals surface area (Å²) in [5.41, 5.74) is -1.25. The Balaban J connectivity index is 3.79. The molecule has 0 aliphatic heterocycles. The number of carbonyl (C=O) groups is 3. The number of carbonyl (C=O) groups excluding carboxylic acids is 3. The zero-order valence-corrected chi connectivity index (χ0v) is 24.3. The summed E-state index contributed by atoms with van der Waals surface area (Å²) in [6.45, 7) is 4.84. The van der Waals surface area contributed by atoms with Crippen LogP contribution in [0, 0.1) is 5.41 Å². The minimum absolute atomic E-state index is 0.00891. The fourth-order valence-electron chi connectivity index (χ4n) is 3.22. The summed E-state index contributed by atoms with van der Waals surface area (Å²) in [7, 11) is -4.72. The van der Waals surface area contributed by atoms with Crippen LogP contribution in [0.15, 0.2) is 12.2 Å². The van der Waals surface area contributed by atoms with Crippen molar-refractivity contribution in [3.63, 3.8) is 0 Å². The molecule has 0 fully saturated rings. The van der Waals surface area contributed by atoms with Gasteiger partial charge in [0.2, 0.25) is 11.8 Å². The number of phosphoric ester groups is 1. The number of unbranched alkanes of at least 4 members (excludes halogenated alkanes) is 7. The van der Waals surface area contributed by atoms with E-state index < -0.39 is 31.9 Å². The molecule has 0 saturated carbocycles. The van der Waals surface area contributed by atoms with Gasteiger partial charge in [0.25, 0.3) is 0 Å². The molecule has 0 aliphatic carbocycles. The van der Waals surface area contributed by atoms with E-state index in [1.165, 1.54) is 57.7 Å². The molecule has 37 heavy (non-hydrogen) atoms. The maximum Gasteiger partial charge on any atom is 0.469 e. The van der Waals surface area contributed by atoms with E-state index in [2.05, 4.69) is 34.2 Å². The van der Waals surface area contributed by atoms with Crippen molar-refractivity contribution in [3.8, 4) is 0 Å². The van der Waals surface area contributed by atoms with Gasteiger partial charge in [-0.2, -0.15) is 0 Å². The maximum absolute atomic E-state index is 12.1. The molecule has 0 saturated heterocycles. The van der Waals surface area contributed by atoms with Crippen molar-refractivity contribution in [1.82, 2.24) is 10.6 Å². The molecule has 0 aliphatic rings. The third-order valence-electron chi connectivity index (χ3n) is 5.57. The minimum atomic E-state index is -4.72. The molecule has 10 nitrogen and oxygen atoms in total. The predicted molar refractivity (Wildman–Crippen MR) is 147 cm³/mol. The second-order valence-corrected chi connectivity index (χ2v) is 12.1. The van der Waals surface area contributed by atoms with Gasteiger partial charge in [0.05, 0.1) is 6.61 Å². The minimum Gasteiger partial charge on any atom is -0.383 e. The summed E-state index contributed by atoms with van der Waals surface area (Å²) in [5.74, 6) is -0.590. The van der Waals surface area contributed by atoms with Gasteiger partial charge in [0.15, 0.2) is 5.12 Å². The van der Waals surface area contributed by atoms with Gasteiger partial charge in [-0.3, -0.25) is 18.9 Å². The second-order valence-electron chi connectivity index (χ2n) is 9.69. The van der Waals surface area contributed by atoms with Crippen molar-refractivity contribution < 1.29 is 38.4 Å². The number of amides is 2. The normalized spacial score (nSPS) is 13.0. The van der Waals surface area contributed by atoms with Crippen LogP contribution in [0.1, 0.15) is 91.4 Å². The maximum atomic E-state index is 12.1. The summed E-state index contributed by atoms with van der Waals surface area (Å²) in [5, 5.41) is 15.3. The summed E-state index contributed by atoms with van der Waals surface area (Å²) in [4.78, 5) is 53.5. The highest BCUT2D eigenvalue weighted by molar-refractivity contribution is 8.13. The molecule has 0 heterocycles.